The maximum Gasteiger partial charge on any atom is 0.389 e. The summed E-state index contributed by atoms with van der Waals surface area (Å²) in [5, 5.41) is 0. The number of halogens is 2. The third kappa shape index (κ3) is 15.2. The fourth-order valence-corrected chi connectivity index (χ4v) is 4.12. The van der Waals surface area contributed by atoms with E-state index in [1.54, 1.807) is 7.11 Å². The molecule has 4 heteroatoms. The molecule has 0 aliphatic heterocycles. The molecule has 0 rings (SSSR count). The number of unbranched alkanes of at least 4 members (excludes halogenated alkanes) is 12. The first-order valence-corrected chi connectivity index (χ1v) is 12.7. The Morgan fingerprint density at radius 1 is 0.650 bits per heavy atom. The van der Waals surface area contributed by atoms with Crippen molar-refractivity contribution in [1.29, 1.82) is 0 Å². The predicted molar refractivity (Wildman–Crippen MR) is 95.0 cm³/mol. The first-order chi connectivity index (χ1) is 9.62. The van der Waals surface area contributed by atoms with E-state index in [9.17, 15) is 0 Å². The van der Waals surface area contributed by atoms with E-state index in [4.69, 9.17) is 26.6 Å². The summed E-state index contributed by atoms with van der Waals surface area (Å²) in [6.07, 6.45) is 17.8. The van der Waals surface area contributed by atoms with E-state index in [-0.39, 0.29) is 0 Å². The lowest BCUT2D eigenvalue weighted by atomic mass is 10.1. The van der Waals surface area contributed by atoms with Crippen LogP contribution in [0.3, 0.4) is 0 Å². The minimum absolute atomic E-state index is 0.865. The normalized spacial score (nSPS) is 12.0. The highest BCUT2D eigenvalue weighted by Gasteiger charge is 2.27. The van der Waals surface area contributed by atoms with Crippen molar-refractivity contribution in [2.24, 2.45) is 0 Å². The fraction of sp³-hybridized carbons (Fsp3) is 1.00. The van der Waals surface area contributed by atoms with Crippen LogP contribution >= 0.6 is 22.2 Å². The molecule has 0 amide bonds. The molecule has 0 aliphatic rings. The lowest BCUT2D eigenvalue weighted by molar-refractivity contribution is 0.424. The van der Waals surface area contributed by atoms with Crippen molar-refractivity contribution in [2.75, 3.05) is 7.11 Å². The van der Waals surface area contributed by atoms with Crippen molar-refractivity contribution in [2.45, 2.75) is 96.4 Å². The molecule has 0 heterocycles. The highest BCUT2D eigenvalue weighted by Crippen LogP contribution is 2.24. The van der Waals surface area contributed by atoms with Crippen LogP contribution < -0.4 is 0 Å². The van der Waals surface area contributed by atoms with Gasteiger partial charge < -0.3 is 4.43 Å². The molecular formula is C16H34Cl2OSi. The largest absolute Gasteiger partial charge is 0.396 e. The smallest absolute Gasteiger partial charge is 0.389 e. The van der Waals surface area contributed by atoms with E-state index in [1.807, 2.05) is 0 Å². The third-order valence-electron chi connectivity index (χ3n) is 3.87. The zero-order chi connectivity index (χ0) is 15.1. The van der Waals surface area contributed by atoms with Gasteiger partial charge in [0, 0.05) is 7.11 Å². The molecule has 0 aromatic rings. The molecule has 20 heavy (non-hydrogen) atoms. The Balaban J connectivity index is 3.06. The van der Waals surface area contributed by atoms with Crippen molar-refractivity contribution in [1.82, 2.24) is 0 Å². The Morgan fingerprint density at radius 3 is 1.35 bits per heavy atom. The van der Waals surface area contributed by atoms with Crippen LogP contribution in [0.5, 0.6) is 0 Å². The van der Waals surface area contributed by atoms with E-state index in [1.165, 1.54) is 77.0 Å². The van der Waals surface area contributed by atoms with Gasteiger partial charge in [-0.1, -0.05) is 90.4 Å². The summed E-state index contributed by atoms with van der Waals surface area (Å²) in [6.45, 7) is -0.0575. The molecule has 0 bridgehead atoms. The molecule has 0 radical (unpaired) electrons. The average Bonchev–Trinajstić information content (AvgIpc) is 2.44. The molecule has 0 saturated carbocycles. The fourth-order valence-electron chi connectivity index (χ4n) is 2.45. The van der Waals surface area contributed by atoms with Crippen molar-refractivity contribution >= 4 is 29.1 Å². The number of hydrogen-bond acceptors (Lipinski definition) is 1. The molecule has 0 aliphatic carbocycles. The zero-order valence-electron chi connectivity index (χ0n) is 13.6. The summed E-state index contributed by atoms with van der Waals surface area (Å²) < 4.78 is 5.11. The highest BCUT2D eigenvalue weighted by molar-refractivity contribution is 7.42. The van der Waals surface area contributed by atoms with Gasteiger partial charge in [-0.05, 0) is 6.04 Å². The van der Waals surface area contributed by atoms with Crippen molar-refractivity contribution in [3.63, 3.8) is 0 Å². The third-order valence-corrected chi connectivity index (χ3v) is 7.46. The van der Waals surface area contributed by atoms with Crippen LogP contribution in [0.2, 0.25) is 6.04 Å². The molecule has 122 valence electrons. The van der Waals surface area contributed by atoms with Gasteiger partial charge in [0.25, 0.3) is 0 Å². The van der Waals surface area contributed by atoms with Crippen LogP contribution in [0.1, 0.15) is 90.4 Å². The van der Waals surface area contributed by atoms with E-state index >= 15 is 0 Å². The van der Waals surface area contributed by atoms with Gasteiger partial charge in [0.15, 0.2) is 0 Å². The molecule has 0 saturated heterocycles. The first-order valence-electron chi connectivity index (χ1n) is 8.55. The topological polar surface area (TPSA) is 9.23 Å². The van der Waals surface area contributed by atoms with Crippen LogP contribution in [-0.2, 0) is 4.43 Å². The van der Waals surface area contributed by atoms with Gasteiger partial charge in [-0.25, -0.2) is 0 Å². The van der Waals surface area contributed by atoms with Crippen LogP contribution in [0.25, 0.3) is 0 Å². The molecule has 0 unspecified atom stereocenters. The maximum atomic E-state index is 6.05. The van der Waals surface area contributed by atoms with Gasteiger partial charge in [-0.3, -0.25) is 0 Å². The molecule has 0 N–H and O–H groups in total. The summed E-state index contributed by atoms with van der Waals surface area (Å²) in [4.78, 5) is 0. The lowest BCUT2D eigenvalue weighted by Gasteiger charge is -2.13. The SMILES string of the molecule is CCCCCCCCCCCCCCC[Si](Cl)(Cl)OC. The minimum atomic E-state index is -2.33. The van der Waals surface area contributed by atoms with E-state index in [0.29, 0.717) is 0 Å². The zero-order valence-corrected chi connectivity index (χ0v) is 16.1. The maximum absolute atomic E-state index is 6.05. The van der Waals surface area contributed by atoms with Crippen LogP contribution in [-0.4, -0.2) is 14.0 Å². The number of hydrogen-bond donors (Lipinski definition) is 0. The standard InChI is InChI=1S/C16H34Cl2OSi/c1-3-4-5-6-7-8-9-10-11-12-13-14-15-16-20(17,18)19-2/h3-16H2,1-2H3. The van der Waals surface area contributed by atoms with Crippen molar-refractivity contribution < 1.29 is 4.43 Å². The van der Waals surface area contributed by atoms with Crippen LogP contribution in [0, 0.1) is 0 Å². The average molecular weight is 341 g/mol. The molecule has 0 spiro atoms. The van der Waals surface area contributed by atoms with Gasteiger partial charge in [-0.15, -0.1) is 22.2 Å². The van der Waals surface area contributed by atoms with Crippen molar-refractivity contribution in [3.8, 4) is 0 Å². The number of rotatable bonds is 15. The summed E-state index contributed by atoms with van der Waals surface area (Å²) in [5.41, 5.74) is 0. The quantitative estimate of drug-likeness (QED) is 0.175. The van der Waals surface area contributed by atoms with Gasteiger partial charge in [0.1, 0.15) is 0 Å². The molecule has 0 fully saturated rings. The monoisotopic (exact) mass is 340 g/mol. The summed E-state index contributed by atoms with van der Waals surface area (Å²) >= 11 is 12.1. The van der Waals surface area contributed by atoms with Crippen molar-refractivity contribution in [3.05, 3.63) is 0 Å². The van der Waals surface area contributed by atoms with Gasteiger partial charge in [0.2, 0.25) is 0 Å². The van der Waals surface area contributed by atoms with Crippen LogP contribution in [0.4, 0.5) is 0 Å². The molecule has 0 atom stereocenters. The highest BCUT2D eigenvalue weighted by atomic mass is 35.7. The summed E-state index contributed by atoms with van der Waals surface area (Å²) in [6, 6.07) is 0.865. The predicted octanol–water partition coefficient (Wildman–Crippen LogP) is 7.14. The Morgan fingerprint density at radius 2 is 1.00 bits per heavy atom. The Bertz CT molecular complexity index is 201. The van der Waals surface area contributed by atoms with E-state index < -0.39 is 6.94 Å². The molecule has 1 nitrogen and oxygen atoms in total. The second-order valence-electron chi connectivity index (χ2n) is 5.83. The van der Waals surface area contributed by atoms with Crippen LogP contribution in [0.15, 0.2) is 0 Å². The molecule has 0 aromatic heterocycles. The minimum Gasteiger partial charge on any atom is -0.396 e. The Kier molecular flexibility index (Phi) is 15.2. The Labute approximate surface area is 137 Å². The van der Waals surface area contributed by atoms with Gasteiger partial charge in [0.05, 0.1) is 0 Å². The molecular weight excluding hydrogens is 307 g/mol. The van der Waals surface area contributed by atoms with E-state index in [2.05, 4.69) is 6.92 Å². The van der Waals surface area contributed by atoms with Gasteiger partial charge >= 0.3 is 6.94 Å². The first kappa shape index (κ1) is 20.8. The second kappa shape index (κ2) is 14.7. The van der Waals surface area contributed by atoms with Gasteiger partial charge in [-0.2, -0.15) is 0 Å². The summed E-state index contributed by atoms with van der Waals surface area (Å²) in [7, 11) is 1.62. The summed E-state index contributed by atoms with van der Waals surface area (Å²) in [5.74, 6) is 0. The van der Waals surface area contributed by atoms with E-state index in [0.717, 1.165) is 12.5 Å². The lowest BCUT2D eigenvalue weighted by Crippen LogP contribution is -2.21. The Hall–Kier alpha value is 0.757. The molecule has 0 aromatic carbocycles. The second-order valence-corrected chi connectivity index (χ2v) is 12.3.